The van der Waals surface area contributed by atoms with E-state index in [1.54, 1.807) is 0 Å². The summed E-state index contributed by atoms with van der Waals surface area (Å²) in [6.07, 6.45) is 0. The normalized spacial score (nSPS) is 12.5. The second-order valence-electron chi connectivity index (χ2n) is 2.07. The first-order chi connectivity index (χ1) is 5.65. The molecule has 0 aliphatic heterocycles. The molecule has 5 heteroatoms. The molecule has 1 N–H and O–H groups in total. The van der Waals surface area contributed by atoms with E-state index in [0.717, 1.165) is 6.07 Å². The molecule has 4 nitrogen and oxygen atoms in total. The summed E-state index contributed by atoms with van der Waals surface area (Å²) in [6.45, 7) is 0. The Morgan fingerprint density at radius 2 is 2.25 bits per heavy atom. The molecule has 0 heterocycles. The van der Waals surface area contributed by atoms with E-state index >= 15 is 0 Å². The van der Waals surface area contributed by atoms with Crippen molar-refractivity contribution in [1.29, 1.82) is 0 Å². The minimum Gasteiger partial charge on any atom is -0.768 e. The van der Waals surface area contributed by atoms with Crippen molar-refractivity contribution in [3.8, 4) is 11.5 Å². The molecule has 66 valence electrons. The fourth-order valence-electron chi connectivity index (χ4n) is 0.773. The van der Waals surface area contributed by atoms with Gasteiger partial charge in [-0.1, -0.05) is 0 Å². The standard InChI is InChI=1S/C7H8O4S/c1-11-7-3-2-5(12(9)10)4-6(7)8/h2-4,8H,1H3,(H,9,10)/p-1. The Labute approximate surface area is 72.1 Å². The predicted molar refractivity (Wildman–Crippen MR) is 41.8 cm³/mol. The monoisotopic (exact) mass is 187 g/mol. The Balaban J connectivity index is 3.10. The van der Waals surface area contributed by atoms with Crippen LogP contribution >= 0.6 is 0 Å². The Kier molecular flexibility index (Phi) is 2.67. The lowest BCUT2D eigenvalue weighted by molar-refractivity contribution is 0.372. The van der Waals surface area contributed by atoms with Gasteiger partial charge < -0.3 is 14.4 Å². The van der Waals surface area contributed by atoms with Crippen molar-refractivity contribution >= 4 is 11.1 Å². The maximum atomic E-state index is 10.4. The molecular weight excluding hydrogens is 180 g/mol. The van der Waals surface area contributed by atoms with Crippen LogP contribution in [-0.2, 0) is 11.1 Å². The molecule has 1 aromatic carbocycles. The van der Waals surface area contributed by atoms with Crippen molar-refractivity contribution < 1.29 is 18.6 Å². The minimum absolute atomic E-state index is 0.0355. The van der Waals surface area contributed by atoms with E-state index in [9.17, 15) is 8.76 Å². The molecule has 1 rings (SSSR count). The molecule has 1 aromatic rings. The van der Waals surface area contributed by atoms with Crippen molar-refractivity contribution in [2.45, 2.75) is 4.90 Å². The highest BCUT2D eigenvalue weighted by Gasteiger charge is 2.01. The van der Waals surface area contributed by atoms with Crippen LogP contribution in [0.4, 0.5) is 0 Å². The van der Waals surface area contributed by atoms with E-state index in [1.807, 2.05) is 0 Å². The van der Waals surface area contributed by atoms with Gasteiger partial charge in [-0.2, -0.15) is 0 Å². The maximum absolute atomic E-state index is 10.4. The number of ether oxygens (including phenoxy) is 1. The number of aromatic hydroxyl groups is 1. The SMILES string of the molecule is COc1ccc(S(=O)[O-])cc1O. The summed E-state index contributed by atoms with van der Waals surface area (Å²) in [6, 6.07) is 3.87. The van der Waals surface area contributed by atoms with Gasteiger partial charge in [0, 0.05) is 4.90 Å². The number of hydrogen-bond donors (Lipinski definition) is 1. The van der Waals surface area contributed by atoms with Gasteiger partial charge in [0.05, 0.1) is 7.11 Å². The number of benzene rings is 1. The summed E-state index contributed by atoms with van der Waals surface area (Å²) in [5.74, 6) is 0.0726. The zero-order chi connectivity index (χ0) is 9.14. The zero-order valence-corrected chi connectivity index (χ0v) is 7.13. The summed E-state index contributed by atoms with van der Waals surface area (Å²) >= 11 is -2.32. The fourth-order valence-corrected chi connectivity index (χ4v) is 1.16. The van der Waals surface area contributed by atoms with Crippen LogP contribution in [0.25, 0.3) is 0 Å². The molecule has 0 radical (unpaired) electrons. The van der Waals surface area contributed by atoms with Crippen LogP contribution in [0.2, 0.25) is 0 Å². The van der Waals surface area contributed by atoms with Gasteiger partial charge in [-0.25, -0.2) is 0 Å². The highest BCUT2D eigenvalue weighted by Crippen LogP contribution is 2.26. The molecule has 0 saturated carbocycles. The first-order valence-corrected chi connectivity index (χ1v) is 4.19. The van der Waals surface area contributed by atoms with Crippen LogP contribution in [0, 0.1) is 0 Å². The second-order valence-corrected chi connectivity index (χ2v) is 3.01. The third-order valence-corrected chi connectivity index (χ3v) is 1.98. The predicted octanol–water partition coefficient (Wildman–Crippen LogP) is 0.639. The molecule has 0 aliphatic carbocycles. The van der Waals surface area contributed by atoms with Gasteiger partial charge in [-0.05, 0) is 29.3 Å². The van der Waals surface area contributed by atoms with Gasteiger partial charge in [-0.3, -0.25) is 4.21 Å². The van der Waals surface area contributed by atoms with Gasteiger partial charge in [0.25, 0.3) is 0 Å². The Hall–Kier alpha value is -1.07. The summed E-state index contributed by atoms with van der Waals surface area (Å²) in [4.78, 5) is 0.0355. The van der Waals surface area contributed by atoms with Gasteiger partial charge in [0.15, 0.2) is 11.5 Å². The Morgan fingerprint density at radius 3 is 2.67 bits per heavy atom. The highest BCUT2D eigenvalue weighted by molar-refractivity contribution is 7.79. The van der Waals surface area contributed by atoms with Gasteiger partial charge >= 0.3 is 0 Å². The van der Waals surface area contributed by atoms with Crippen LogP contribution in [0.3, 0.4) is 0 Å². The van der Waals surface area contributed by atoms with Crippen LogP contribution < -0.4 is 4.74 Å². The Morgan fingerprint density at radius 1 is 1.58 bits per heavy atom. The van der Waals surface area contributed by atoms with Crippen LogP contribution in [0.5, 0.6) is 11.5 Å². The minimum atomic E-state index is -2.32. The lowest BCUT2D eigenvalue weighted by Crippen LogP contribution is -1.89. The fraction of sp³-hybridized carbons (Fsp3) is 0.143. The first-order valence-electron chi connectivity index (χ1n) is 3.11. The van der Waals surface area contributed by atoms with E-state index in [1.165, 1.54) is 19.2 Å². The summed E-state index contributed by atoms with van der Waals surface area (Å²) in [5, 5.41) is 9.14. The lowest BCUT2D eigenvalue weighted by atomic mass is 10.3. The smallest absolute Gasteiger partial charge is 0.160 e. The third kappa shape index (κ3) is 1.75. The van der Waals surface area contributed by atoms with Crippen molar-refractivity contribution in [2.75, 3.05) is 7.11 Å². The van der Waals surface area contributed by atoms with E-state index in [4.69, 9.17) is 9.84 Å². The topological polar surface area (TPSA) is 69.6 Å². The molecule has 0 saturated heterocycles. The number of rotatable bonds is 2. The van der Waals surface area contributed by atoms with Crippen molar-refractivity contribution in [1.82, 2.24) is 0 Å². The van der Waals surface area contributed by atoms with E-state index in [-0.39, 0.29) is 16.4 Å². The van der Waals surface area contributed by atoms with E-state index in [0.29, 0.717) is 0 Å². The third-order valence-electron chi connectivity index (χ3n) is 1.34. The molecular formula is C7H7O4S-. The van der Waals surface area contributed by atoms with Crippen LogP contribution in [0.15, 0.2) is 23.1 Å². The summed E-state index contributed by atoms with van der Waals surface area (Å²) in [7, 11) is 1.39. The average molecular weight is 187 g/mol. The molecule has 12 heavy (non-hydrogen) atoms. The molecule has 0 bridgehead atoms. The molecule has 1 atom stereocenters. The quantitative estimate of drug-likeness (QED) is 0.690. The van der Waals surface area contributed by atoms with Crippen LogP contribution in [-0.4, -0.2) is 21.0 Å². The molecule has 0 amide bonds. The molecule has 0 aliphatic rings. The second kappa shape index (κ2) is 3.55. The summed E-state index contributed by atoms with van der Waals surface area (Å²) < 4.78 is 25.5. The molecule has 1 unspecified atom stereocenters. The van der Waals surface area contributed by atoms with Gasteiger partial charge in [0.2, 0.25) is 0 Å². The maximum Gasteiger partial charge on any atom is 0.160 e. The number of phenolic OH excluding ortho intramolecular Hbond substituents is 1. The average Bonchev–Trinajstić information content (AvgIpc) is 2.04. The van der Waals surface area contributed by atoms with Crippen LogP contribution in [0.1, 0.15) is 0 Å². The first kappa shape index (κ1) is 9.02. The lowest BCUT2D eigenvalue weighted by Gasteiger charge is -2.07. The molecule has 0 fully saturated rings. The zero-order valence-electron chi connectivity index (χ0n) is 6.31. The largest absolute Gasteiger partial charge is 0.768 e. The number of hydrogen-bond acceptors (Lipinski definition) is 4. The van der Waals surface area contributed by atoms with E-state index < -0.39 is 11.1 Å². The van der Waals surface area contributed by atoms with E-state index in [2.05, 4.69) is 0 Å². The van der Waals surface area contributed by atoms with Gasteiger partial charge in [-0.15, -0.1) is 0 Å². The molecule has 0 spiro atoms. The number of methoxy groups -OCH3 is 1. The van der Waals surface area contributed by atoms with Crippen molar-refractivity contribution in [2.24, 2.45) is 0 Å². The summed E-state index contributed by atoms with van der Waals surface area (Å²) in [5.41, 5.74) is 0. The van der Waals surface area contributed by atoms with Crippen molar-refractivity contribution in [3.05, 3.63) is 18.2 Å². The highest BCUT2D eigenvalue weighted by atomic mass is 32.2. The van der Waals surface area contributed by atoms with Gasteiger partial charge in [0.1, 0.15) is 0 Å². The molecule has 0 aromatic heterocycles. The van der Waals surface area contributed by atoms with Crippen molar-refractivity contribution in [3.63, 3.8) is 0 Å². The Bertz CT molecular complexity index is 310. The number of phenols is 1.